The molecular weight excluding hydrogens is 318 g/mol. The van der Waals surface area contributed by atoms with E-state index in [4.69, 9.17) is 0 Å². The smallest absolute Gasteiger partial charge is 0.263 e. The predicted octanol–water partition coefficient (Wildman–Crippen LogP) is 4.72. The Hall–Kier alpha value is -1.81. The molecule has 0 N–H and O–H groups in total. The third kappa shape index (κ3) is 3.48. The fourth-order valence-electron chi connectivity index (χ4n) is 3.39. The maximum absolute atomic E-state index is 12.9. The Balaban J connectivity index is 1.90. The Morgan fingerprint density at radius 3 is 2.33 bits per heavy atom. The fraction of sp³-hybridized carbons (Fsp3) is 0.400. The third-order valence-electron chi connectivity index (χ3n) is 4.89. The molecule has 0 amide bonds. The van der Waals surface area contributed by atoms with Crippen LogP contribution in [0.3, 0.4) is 0 Å². The molecule has 24 heavy (non-hydrogen) atoms. The molecule has 1 fully saturated rings. The van der Waals surface area contributed by atoms with Crippen molar-refractivity contribution in [2.24, 2.45) is 0 Å². The zero-order valence-corrected chi connectivity index (χ0v) is 15.1. The summed E-state index contributed by atoms with van der Waals surface area (Å²) in [6, 6.07) is 7.03. The molecule has 128 valence electrons. The van der Waals surface area contributed by atoms with Crippen LogP contribution >= 0.6 is 0 Å². The summed E-state index contributed by atoms with van der Waals surface area (Å²) in [5.41, 5.74) is 4.73. The van der Waals surface area contributed by atoms with Gasteiger partial charge in [-0.1, -0.05) is 36.3 Å². The van der Waals surface area contributed by atoms with E-state index in [-0.39, 0.29) is 0 Å². The van der Waals surface area contributed by atoms with Crippen LogP contribution in [0.2, 0.25) is 0 Å². The van der Waals surface area contributed by atoms with Crippen molar-refractivity contribution in [3.05, 3.63) is 65.4 Å². The quantitative estimate of drug-likeness (QED) is 0.779. The van der Waals surface area contributed by atoms with Crippen LogP contribution in [0.15, 0.2) is 64.7 Å². The molecule has 0 aromatic heterocycles. The van der Waals surface area contributed by atoms with Crippen LogP contribution in [0.5, 0.6) is 0 Å². The number of benzene rings is 1. The van der Waals surface area contributed by atoms with E-state index in [0.29, 0.717) is 17.9 Å². The first-order valence-electron chi connectivity index (χ1n) is 8.65. The van der Waals surface area contributed by atoms with Crippen LogP contribution in [0.25, 0.3) is 0 Å². The standard InChI is InChI=1S/C20H25NO2S/c1-16-8-10-19(11-9-16)24(22,23)21-14-12-17(2)20(13-15-21)18-6-4-3-5-7-18/h8-11,13,15H,2-7,12,14H2,1H3. The highest BCUT2D eigenvalue weighted by Crippen LogP contribution is 2.32. The van der Waals surface area contributed by atoms with Gasteiger partial charge < -0.3 is 0 Å². The Bertz CT molecular complexity index is 777. The summed E-state index contributed by atoms with van der Waals surface area (Å²) in [5.74, 6) is 0. The maximum Gasteiger partial charge on any atom is 0.263 e. The van der Waals surface area contributed by atoms with E-state index in [9.17, 15) is 8.42 Å². The van der Waals surface area contributed by atoms with Gasteiger partial charge in [0.1, 0.15) is 0 Å². The first-order chi connectivity index (χ1) is 11.5. The van der Waals surface area contributed by atoms with Crippen LogP contribution in [0.4, 0.5) is 0 Å². The molecule has 1 heterocycles. The lowest BCUT2D eigenvalue weighted by Crippen LogP contribution is -2.26. The molecule has 1 aliphatic carbocycles. The first kappa shape index (κ1) is 17.0. The van der Waals surface area contributed by atoms with Gasteiger partial charge in [0.15, 0.2) is 0 Å². The van der Waals surface area contributed by atoms with Crippen molar-refractivity contribution >= 4 is 10.0 Å². The lowest BCUT2D eigenvalue weighted by atomic mass is 9.88. The molecule has 0 radical (unpaired) electrons. The van der Waals surface area contributed by atoms with E-state index in [2.05, 4.69) is 6.58 Å². The van der Waals surface area contributed by atoms with Crippen molar-refractivity contribution in [3.8, 4) is 0 Å². The van der Waals surface area contributed by atoms with Crippen LogP contribution in [-0.2, 0) is 10.0 Å². The Morgan fingerprint density at radius 1 is 1.00 bits per heavy atom. The highest BCUT2D eigenvalue weighted by Gasteiger charge is 2.24. The minimum absolute atomic E-state index is 0.345. The van der Waals surface area contributed by atoms with E-state index in [1.165, 1.54) is 34.7 Å². The van der Waals surface area contributed by atoms with Gasteiger partial charge in [-0.3, -0.25) is 4.31 Å². The zero-order chi connectivity index (χ0) is 17.2. The van der Waals surface area contributed by atoms with Gasteiger partial charge in [-0.2, -0.15) is 0 Å². The van der Waals surface area contributed by atoms with Crippen molar-refractivity contribution in [3.63, 3.8) is 0 Å². The fourth-order valence-corrected chi connectivity index (χ4v) is 4.70. The molecule has 0 bridgehead atoms. The lowest BCUT2D eigenvalue weighted by molar-refractivity contribution is 0.502. The summed E-state index contributed by atoms with van der Waals surface area (Å²) in [7, 11) is -3.50. The lowest BCUT2D eigenvalue weighted by Gasteiger charge is -2.19. The van der Waals surface area contributed by atoms with Gasteiger partial charge in [0.25, 0.3) is 10.0 Å². The molecule has 2 aliphatic rings. The average Bonchev–Trinajstić information content (AvgIpc) is 2.78. The Morgan fingerprint density at radius 2 is 1.67 bits per heavy atom. The molecule has 4 heteroatoms. The van der Waals surface area contributed by atoms with Crippen molar-refractivity contribution < 1.29 is 8.42 Å². The van der Waals surface area contributed by atoms with Gasteiger partial charge in [-0.15, -0.1) is 0 Å². The number of aryl methyl sites for hydroxylation is 1. The number of hydrogen-bond donors (Lipinski definition) is 0. The predicted molar refractivity (Wildman–Crippen MR) is 98.1 cm³/mol. The summed E-state index contributed by atoms with van der Waals surface area (Å²) >= 11 is 0. The van der Waals surface area contributed by atoms with Crippen molar-refractivity contribution in [1.29, 1.82) is 0 Å². The second-order valence-electron chi connectivity index (χ2n) is 6.68. The monoisotopic (exact) mass is 343 g/mol. The summed E-state index contributed by atoms with van der Waals surface area (Å²) in [6.45, 7) is 6.60. The molecule has 3 rings (SSSR count). The molecule has 3 nitrogen and oxygen atoms in total. The van der Waals surface area contributed by atoms with Gasteiger partial charge in [0.05, 0.1) is 4.90 Å². The number of allylic oxidation sites excluding steroid dienone is 3. The van der Waals surface area contributed by atoms with E-state index in [1.54, 1.807) is 18.3 Å². The van der Waals surface area contributed by atoms with E-state index < -0.39 is 10.0 Å². The number of nitrogens with zero attached hydrogens (tertiary/aromatic N) is 1. The molecule has 1 saturated carbocycles. The number of rotatable bonds is 2. The molecule has 1 aliphatic heterocycles. The Kier molecular flexibility index (Phi) is 4.95. The van der Waals surface area contributed by atoms with E-state index in [1.807, 2.05) is 25.1 Å². The van der Waals surface area contributed by atoms with Gasteiger partial charge in [0, 0.05) is 12.7 Å². The van der Waals surface area contributed by atoms with E-state index >= 15 is 0 Å². The highest BCUT2D eigenvalue weighted by atomic mass is 32.2. The molecule has 1 aromatic rings. The minimum atomic E-state index is -3.50. The van der Waals surface area contributed by atoms with Crippen LogP contribution < -0.4 is 0 Å². The van der Waals surface area contributed by atoms with Crippen LogP contribution in [0, 0.1) is 6.92 Å². The first-order valence-corrected chi connectivity index (χ1v) is 10.1. The van der Waals surface area contributed by atoms with Crippen LogP contribution in [0.1, 0.15) is 44.1 Å². The Labute approximate surface area is 145 Å². The van der Waals surface area contributed by atoms with Crippen molar-refractivity contribution in [2.75, 3.05) is 6.54 Å². The minimum Gasteiger partial charge on any atom is -0.273 e. The number of sulfonamides is 1. The van der Waals surface area contributed by atoms with Crippen molar-refractivity contribution in [2.45, 2.75) is 50.3 Å². The molecule has 0 atom stereocenters. The van der Waals surface area contributed by atoms with Gasteiger partial charge in [-0.25, -0.2) is 8.42 Å². The molecule has 0 spiro atoms. The number of hydrogen-bond acceptors (Lipinski definition) is 2. The topological polar surface area (TPSA) is 37.4 Å². The summed E-state index contributed by atoms with van der Waals surface area (Å²) in [4.78, 5) is 0.345. The van der Waals surface area contributed by atoms with E-state index in [0.717, 1.165) is 24.0 Å². The van der Waals surface area contributed by atoms with Gasteiger partial charge in [-0.05, 0) is 68.4 Å². The highest BCUT2D eigenvalue weighted by molar-refractivity contribution is 7.89. The molecular formula is C20H25NO2S. The largest absolute Gasteiger partial charge is 0.273 e. The second kappa shape index (κ2) is 6.98. The van der Waals surface area contributed by atoms with Crippen LogP contribution in [-0.4, -0.2) is 19.3 Å². The summed E-state index contributed by atoms with van der Waals surface area (Å²) < 4.78 is 27.2. The molecule has 1 aromatic carbocycles. The molecule has 0 unspecified atom stereocenters. The molecule has 0 saturated heterocycles. The van der Waals surface area contributed by atoms with Gasteiger partial charge >= 0.3 is 0 Å². The summed E-state index contributed by atoms with van der Waals surface area (Å²) in [6.07, 6.45) is 10.3. The average molecular weight is 343 g/mol. The third-order valence-corrected chi connectivity index (χ3v) is 6.68. The second-order valence-corrected chi connectivity index (χ2v) is 8.57. The van der Waals surface area contributed by atoms with Crippen molar-refractivity contribution in [1.82, 2.24) is 4.31 Å². The zero-order valence-electron chi connectivity index (χ0n) is 14.3. The maximum atomic E-state index is 12.9. The summed E-state index contributed by atoms with van der Waals surface area (Å²) in [5, 5.41) is 0. The normalized spacial score (nSPS) is 19.5. The SMILES string of the molecule is C=C1CCN(S(=O)(=O)c2ccc(C)cc2)C=CC1=C1CCCCC1. The van der Waals surface area contributed by atoms with Gasteiger partial charge in [0.2, 0.25) is 0 Å².